The van der Waals surface area contributed by atoms with Gasteiger partial charge in [-0.1, -0.05) is 0 Å². The molecule has 0 aromatic carbocycles. The van der Waals surface area contributed by atoms with Crippen LogP contribution in [-0.2, 0) is 13.6 Å². The number of hydrogen-bond acceptors (Lipinski definition) is 3. The van der Waals surface area contributed by atoms with Crippen LogP contribution in [0.25, 0.3) is 0 Å². The third-order valence-electron chi connectivity index (χ3n) is 2.76. The molecule has 0 fully saturated rings. The molecule has 0 unspecified atom stereocenters. The lowest BCUT2D eigenvalue weighted by molar-refractivity contribution is 0.391. The predicted octanol–water partition coefficient (Wildman–Crippen LogP) is 1.92. The molecule has 0 saturated carbocycles. The number of unbranched alkanes of at least 4 members (excludes halogenated alkanes) is 1. The summed E-state index contributed by atoms with van der Waals surface area (Å²) < 4.78 is 3.06. The minimum absolute atomic E-state index is 0.875. The van der Waals surface area contributed by atoms with Gasteiger partial charge in [0.2, 0.25) is 0 Å². The molecule has 17 heavy (non-hydrogen) atoms. The molecule has 0 aliphatic rings. The highest BCUT2D eigenvalue weighted by Gasteiger charge is 2.09. The zero-order valence-corrected chi connectivity index (χ0v) is 12.8. The largest absolute Gasteiger partial charge is 0.311 e. The number of nitrogens with one attached hydrogen (secondary N) is 1. The molecular formula is C12H23BrN4. The number of halogens is 1. The second-order valence-electron chi connectivity index (χ2n) is 4.66. The third-order valence-corrected chi connectivity index (χ3v) is 3.79. The van der Waals surface area contributed by atoms with Crippen LogP contribution in [0.3, 0.4) is 0 Å². The molecule has 1 heterocycles. The van der Waals surface area contributed by atoms with E-state index in [1.807, 2.05) is 18.7 Å². The molecular weight excluding hydrogens is 280 g/mol. The van der Waals surface area contributed by atoms with Crippen molar-refractivity contribution in [1.82, 2.24) is 20.0 Å². The minimum Gasteiger partial charge on any atom is -0.311 e. The fraction of sp³-hybridized carbons (Fsp3) is 0.750. The van der Waals surface area contributed by atoms with Crippen molar-refractivity contribution in [3.8, 4) is 0 Å². The van der Waals surface area contributed by atoms with Crippen molar-refractivity contribution in [3.05, 3.63) is 15.9 Å². The van der Waals surface area contributed by atoms with Crippen LogP contribution in [0.1, 0.15) is 24.2 Å². The van der Waals surface area contributed by atoms with Crippen LogP contribution in [0, 0.1) is 6.92 Å². The molecule has 1 aromatic heterocycles. The van der Waals surface area contributed by atoms with E-state index in [1.54, 1.807) is 0 Å². The molecule has 5 heteroatoms. The molecule has 0 amide bonds. The monoisotopic (exact) mass is 302 g/mol. The maximum Gasteiger partial charge on any atom is 0.0739 e. The van der Waals surface area contributed by atoms with E-state index in [2.05, 4.69) is 45.3 Å². The van der Waals surface area contributed by atoms with Crippen molar-refractivity contribution in [2.24, 2.45) is 7.05 Å². The maximum atomic E-state index is 4.37. The Hall–Kier alpha value is -0.390. The zero-order valence-electron chi connectivity index (χ0n) is 11.3. The number of hydrogen-bond donors (Lipinski definition) is 1. The fourth-order valence-electron chi connectivity index (χ4n) is 1.76. The Morgan fingerprint density at radius 1 is 1.35 bits per heavy atom. The molecule has 0 atom stereocenters. The topological polar surface area (TPSA) is 33.1 Å². The Kier molecular flexibility index (Phi) is 6.16. The molecule has 0 spiro atoms. The highest BCUT2D eigenvalue weighted by Crippen LogP contribution is 2.19. The first kappa shape index (κ1) is 14.7. The average molecular weight is 303 g/mol. The molecule has 0 radical (unpaired) electrons. The van der Waals surface area contributed by atoms with E-state index in [0.717, 1.165) is 29.8 Å². The maximum absolute atomic E-state index is 4.37. The molecule has 0 aliphatic carbocycles. The average Bonchev–Trinajstić information content (AvgIpc) is 2.48. The summed E-state index contributed by atoms with van der Waals surface area (Å²) in [7, 11) is 6.22. The van der Waals surface area contributed by atoms with Crippen LogP contribution < -0.4 is 5.32 Å². The van der Waals surface area contributed by atoms with Crippen LogP contribution in [0.15, 0.2) is 4.47 Å². The van der Waals surface area contributed by atoms with Gasteiger partial charge in [0, 0.05) is 13.6 Å². The highest BCUT2D eigenvalue weighted by atomic mass is 79.9. The Balaban J connectivity index is 2.22. The van der Waals surface area contributed by atoms with Gasteiger partial charge in [0.25, 0.3) is 0 Å². The van der Waals surface area contributed by atoms with Crippen molar-refractivity contribution < 1.29 is 0 Å². The van der Waals surface area contributed by atoms with Crippen LogP contribution in [0.4, 0.5) is 0 Å². The van der Waals surface area contributed by atoms with Gasteiger partial charge in [-0.15, -0.1) is 0 Å². The number of aromatic nitrogens is 2. The summed E-state index contributed by atoms with van der Waals surface area (Å²) in [6, 6.07) is 0. The second kappa shape index (κ2) is 7.13. The summed E-state index contributed by atoms with van der Waals surface area (Å²) >= 11 is 3.57. The minimum atomic E-state index is 0.875. The Morgan fingerprint density at radius 2 is 2.06 bits per heavy atom. The van der Waals surface area contributed by atoms with E-state index in [4.69, 9.17) is 0 Å². The quantitative estimate of drug-likeness (QED) is 0.781. The van der Waals surface area contributed by atoms with Crippen molar-refractivity contribution in [2.45, 2.75) is 26.3 Å². The van der Waals surface area contributed by atoms with E-state index in [0.29, 0.717) is 0 Å². The van der Waals surface area contributed by atoms with Crippen molar-refractivity contribution in [3.63, 3.8) is 0 Å². The molecule has 0 aliphatic heterocycles. The van der Waals surface area contributed by atoms with Crippen LogP contribution >= 0.6 is 15.9 Å². The fourth-order valence-corrected chi connectivity index (χ4v) is 2.23. The van der Waals surface area contributed by atoms with E-state index in [1.165, 1.54) is 18.5 Å². The van der Waals surface area contributed by atoms with Crippen molar-refractivity contribution in [2.75, 3.05) is 27.2 Å². The van der Waals surface area contributed by atoms with E-state index < -0.39 is 0 Å². The standard InChI is InChI=1S/C12H23BrN4/c1-10-12(13)11(17(4)15-10)9-14-7-5-6-8-16(2)3/h14H,5-9H2,1-4H3. The Labute approximate surface area is 113 Å². The molecule has 4 nitrogen and oxygen atoms in total. The van der Waals surface area contributed by atoms with Gasteiger partial charge in [0.05, 0.1) is 15.9 Å². The van der Waals surface area contributed by atoms with Gasteiger partial charge in [-0.25, -0.2) is 0 Å². The Bertz CT molecular complexity index is 347. The van der Waals surface area contributed by atoms with E-state index in [9.17, 15) is 0 Å². The summed E-state index contributed by atoms with van der Waals surface area (Å²) in [4.78, 5) is 2.22. The lowest BCUT2D eigenvalue weighted by atomic mass is 10.3. The normalized spacial score (nSPS) is 11.4. The van der Waals surface area contributed by atoms with Gasteiger partial charge in [-0.05, 0) is 62.9 Å². The van der Waals surface area contributed by atoms with Crippen LogP contribution in [-0.4, -0.2) is 41.9 Å². The molecule has 1 N–H and O–H groups in total. The van der Waals surface area contributed by atoms with E-state index in [-0.39, 0.29) is 0 Å². The first-order chi connectivity index (χ1) is 8.02. The molecule has 1 rings (SSSR count). The van der Waals surface area contributed by atoms with Gasteiger partial charge in [0.1, 0.15) is 0 Å². The van der Waals surface area contributed by atoms with Crippen molar-refractivity contribution in [1.29, 1.82) is 0 Å². The summed E-state index contributed by atoms with van der Waals surface area (Å²) in [6.45, 7) is 5.12. The highest BCUT2D eigenvalue weighted by molar-refractivity contribution is 9.10. The first-order valence-corrected chi connectivity index (χ1v) is 6.85. The molecule has 0 saturated heterocycles. The van der Waals surface area contributed by atoms with Crippen LogP contribution in [0.5, 0.6) is 0 Å². The molecule has 1 aromatic rings. The predicted molar refractivity (Wildman–Crippen MR) is 75.1 cm³/mol. The van der Waals surface area contributed by atoms with Gasteiger partial charge in [-0.3, -0.25) is 4.68 Å². The summed E-state index contributed by atoms with van der Waals surface area (Å²) in [6.07, 6.45) is 2.46. The second-order valence-corrected chi connectivity index (χ2v) is 5.45. The summed E-state index contributed by atoms with van der Waals surface area (Å²) in [5, 5.41) is 7.83. The summed E-state index contributed by atoms with van der Waals surface area (Å²) in [5.74, 6) is 0. The third kappa shape index (κ3) is 4.77. The van der Waals surface area contributed by atoms with Gasteiger partial charge >= 0.3 is 0 Å². The lowest BCUT2D eigenvalue weighted by Gasteiger charge is -2.09. The molecule has 0 bridgehead atoms. The smallest absolute Gasteiger partial charge is 0.0739 e. The number of rotatable bonds is 7. The SMILES string of the molecule is Cc1nn(C)c(CNCCCCN(C)C)c1Br. The number of nitrogens with zero attached hydrogens (tertiary/aromatic N) is 3. The lowest BCUT2D eigenvalue weighted by Crippen LogP contribution is -2.19. The van der Waals surface area contributed by atoms with E-state index >= 15 is 0 Å². The molecule has 98 valence electrons. The Morgan fingerprint density at radius 3 is 2.59 bits per heavy atom. The van der Waals surface area contributed by atoms with Gasteiger partial charge < -0.3 is 10.2 Å². The zero-order chi connectivity index (χ0) is 12.8. The van der Waals surface area contributed by atoms with Crippen LogP contribution in [0.2, 0.25) is 0 Å². The summed E-state index contributed by atoms with van der Waals surface area (Å²) in [5.41, 5.74) is 2.27. The van der Waals surface area contributed by atoms with Gasteiger partial charge in [0.15, 0.2) is 0 Å². The van der Waals surface area contributed by atoms with Gasteiger partial charge in [-0.2, -0.15) is 5.10 Å². The van der Waals surface area contributed by atoms with Crippen molar-refractivity contribution >= 4 is 15.9 Å². The number of aryl methyl sites for hydroxylation is 2. The first-order valence-electron chi connectivity index (χ1n) is 6.05.